The van der Waals surface area contributed by atoms with Gasteiger partial charge in [0.05, 0.1) is 23.9 Å². The van der Waals surface area contributed by atoms with E-state index in [9.17, 15) is 19.5 Å². The van der Waals surface area contributed by atoms with Crippen molar-refractivity contribution in [2.45, 2.75) is 45.4 Å². The van der Waals surface area contributed by atoms with Crippen LogP contribution in [0.1, 0.15) is 41.5 Å². The fourth-order valence-corrected chi connectivity index (χ4v) is 3.72. The number of carboxylic acids is 1. The third-order valence-corrected chi connectivity index (χ3v) is 4.97. The second-order valence-electron chi connectivity index (χ2n) is 6.69. The van der Waals surface area contributed by atoms with Gasteiger partial charge in [-0.1, -0.05) is 6.92 Å². The number of ether oxygens (including phenoxy) is 1. The summed E-state index contributed by atoms with van der Waals surface area (Å²) in [5.41, 5.74) is 1.10. The van der Waals surface area contributed by atoms with Gasteiger partial charge < -0.3 is 19.3 Å². The molecule has 4 rings (SSSR count). The third kappa shape index (κ3) is 2.59. The Bertz CT molecular complexity index is 954. The van der Waals surface area contributed by atoms with Crippen LogP contribution in [0.15, 0.2) is 10.9 Å². The monoisotopic (exact) mass is 360 g/mol. The molecule has 1 saturated heterocycles. The molecule has 1 N–H and O–H groups in total. The Morgan fingerprint density at radius 1 is 1.42 bits per heavy atom. The minimum absolute atomic E-state index is 0.0351. The van der Waals surface area contributed by atoms with Crippen LogP contribution >= 0.6 is 0 Å². The second kappa shape index (κ2) is 6.24. The molecular weight excluding hydrogens is 340 g/mol. The fraction of sp³-hybridized carbons (Fsp3) is 0.529. The summed E-state index contributed by atoms with van der Waals surface area (Å²) < 4.78 is 8.19. The largest absolute Gasteiger partial charge is 0.480 e. The van der Waals surface area contributed by atoms with Crippen LogP contribution < -0.4 is 5.56 Å². The zero-order valence-electron chi connectivity index (χ0n) is 14.5. The molecule has 2 aliphatic rings. The molecule has 0 spiro atoms. The number of carbonyl (C=O) groups is 2. The maximum Gasteiger partial charge on any atom is 0.323 e. The van der Waals surface area contributed by atoms with E-state index in [1.54, 1.807) is 11.0 Å². The second-order valence-corrected chi connectivity index (χ2v) is 6.69. The Hall–Kier alpha value is -2.68. The van der Waals surface area contributed by atoms with E-state index in [1.165, 1.54) is 9.08 Å². The number of hydrogen-bond acceptors (Lipinski definition) is 5. The Morgan fingerprint density at radius 2 is 2.23 bits per heavy atom. The molecule has 0 aromatic carbocycles. The van der Waals surface area contributed by atoms with E-state index in [-0.39, 0.29) is 29.8 Å². The van der Waals surface area contributed by atoms with Crippen molar-refractivity contribution in [3.05, 3.63) is 33.4 Å². The number of hydrogen-bond donors (Lipinski definition) is 1. The molecule has 2 aliphatic heterocycles. The van der Waals surface area contributed by atoms with Gasteiger partial charge in [-0.05, 0) is 19.3 Å². The molecule has 1 amide bonds. The number of rotatable bonds is 5. The van der Waals surface area contributed by atoms with E-state index in [1.807, 2.05) is 6.92 Å². The number of amides is 1. The first-order valence-electron chi connectivity index (χ1n) is 8.76. The SMILES string of the molecule is CCc1cc2n(CC(=O)O)c3c(c(=O)n2n1)CN(CC1CCCO1)C3=O. The smallest absolute Gasteiger partial charge is 0.323 e. The first kappa shape index (κ1) is 16.8. The molecule has 4 heterocycles. The zero-order valence-corrected chi connectivity index (χ0v) is 14.5. The highest BCUT2D eigenvalue weighted by Gasteiger charge is 2.36. The summed E-state index contributed by atoms with van der Waals surface area (Å²) in [5, 5.41) is 13.6. The van der Waals surface area contributed by atoms with Gasteiger partial charge in [0.2, 0.25) is 0 Å². The van der Waals surface area contributed by atoms with Gasteiger partial charge in [-0.3, -0.25) is 14.4 Å². The summed E-state index contributed by atoms with van der Waals surface area (Å²) in [6, 6.07) is 1.67. The quantitative estimate of drug-likeness (QED) is 0.821. The van der Waals surface area contributed by atoms with Gasteiger partial charge in [0.15, 0.2) is 0 Å². The van der Waals surface area contributed by atoms with Gasteiger partial charge in [-0.15, -0.1) is 0 Å². The van der Waals surface area contributed by atoms with Crippen LogP contribution in [0.2, 0.25) is 0 Å². The Kier molecular flexibility index (Phi) is 4.03. The predicted octanol–water partition coefficient (Wildman–Crippen LogP) is 0.278. The van der Waals surface area contributed by atoms with E-state index in [0.29, 0.717) is 36.5 Å². The number of fused-ring (bicyclic) bond motifs is 2. The molecule has 1 fully saturated rings. The van der Waals surface area contributed by atoms with Crippen molar-refractivity contribution in [2.24, 2.45) is 0 Å². The van der Waals surface area contributed by atoms with Gasteiger partial charge in [-0.25, -0.2) is 0 Å². The van der Waals surface area contributed by atoms with Crippen LogP contribution in [0.4, 0.5) is 0 Å². The highest BCUT2D eigenvalue weighted by Crippen LogP contribution is 2.24. The van der Waals surface area contributed by atoms with Crippen molar-refractivity contribution in [2.75, 3.05) is 13.2 Å². The summed E-state index contributed by atoms with van der Waals surface area (Å²) >= 11 is 0. The number of aryl methyl sites for hydroxylation is 1. The summed E-state index contributed by atoms with van der Waals surface area (Å²) in [4.78, 5) is 38.7. The van der Waals surface area contributed by atoms with Crippen molar-refractivity contribution in [3.63, 3.8) is 0 Å². The lowest BCUT2D eigenvalue weighted by molar-refractivity contribution is -0.137. The van der Waals surface area contributed by atoms with Crippen LogP contribution in [-0.4, -0.2) is 55.3 Å². The van der Waals surface area contributed by atoms with E-state index in [0.717, 1.165) is 12.8 Å². The normalized spacial score (nSPS) is 19.5. The van der Waals surface area contributed by atoms with E-state index < -0.39 is 12.5 Å². The standard InChI is InChI=1S/C17H20N4O5/c1-2-10-6-13-20(9-14(22)23)15-12(16(24)21(13)18-10)8-19(17(15)25)7-11-4-3-5-26-11/h6,11H,2-5,7-9H2,1H3,(H,22,23). The molecule has 0 bridgehead atoms. The summed E-state index contributed by atoms with van der Waals surface area (Å²) in [6.45, 7) is 2.74. The van der Waals surface area contributed by atoms with Crippen molar-refractivity contribution >= 4 is 17.5 Å². The highest BCUT2D eigenvalue weighted by atomic mass is 16.5. The minimum Gasteiger partial charge on any atom is -0.480 e. The number of carboxylic acid groups (broad SMARTS) is 1. The molecule has 0 aliphatic carbocycles. The molecule has 138 valence electrons. The Labute approximate surface area is 148 Å². The van der Waals surface area contributed by atoms with E-state index in [4.69, 9.17) is 4.74 Å². The lowest BCUT2D eigenvalue weighted by Crippen LogP contribution is -2.33. The zero-order chi connectivity index (χ0) is 18.4. The lowest BCUT2D eigenvalue weighted by Gasteiger charge is -2.19. The first-order chi connectivity index (χ1) is 12.5. The first-order valence-corrected chi connectivity index (χ1v) is 8.76. The highest BCUT2D eigenvalue weighted by molar-refractivity contribution is 5.97. The number of nitrogens with zero attached hydrogens (tertiary/aromatic N) is 4. The molecule has 0 radical (unpaired) electrons. The van der Waals surface area contributed by atoms with Crippen LogP contribution in [0, 0.1) is 0 Å². The number of aliphatic carboxylic acids is 1. The van der Waals surface area contributed by atoms with Crippen LogP contribution in [0.25, 0.3) is 5.65 Å². The molecular formula is C17H20N4O5. The lowest BCUT2D eigenvalue weighted by atomic mass is 10.2. The van der Waals surface area contributed by atoms with E-state index in [2.05, 4.69) is 5.10 Å². The molecule has 9 nitrogen and oxygen atoms in total. The van der Waals surface area contributed by atoms with Crippen LogP contribution in [0.5, 0.6) is 0 Å². The van der Waals surface area contributed by atoms with Crippen molar-refractivity contribution in [3.8, 4) is 0 Å². The molecule has 1 atom stereocenters. The maximum absolute atomic E-state index is 12.9. The predicted molar refractivity (Wildman–Crippen MR) is 90.2 cm³/mol. The summed E-state index contributed by atoms with van der Waals surface area (Å²) in [5.74, 6) is -1.40. The summed E-state index contributed by atoms with van der Waals surface area (Å²) in [7, 11) is 0. The molecule has 1 unspecified atom stereocenters. The van der Waals surface area contributed by atoms with Gasteiger partial charge in [0, 0.05) is 19.2 Å². The summed E-state index contributed by atoms with van der Waals surface area (Å²) in [6.07, 6.45) is 2.41. The fourth-order valence-electron chi connectivity index (χ4n) is 3.72. The average molecular weight is 360 g/mol. The molecule has 26 heavy (non-hydrogen) atoms. The molecule has 0 saturated carbocycles. The Balaban J connectivity index is 1.83. The van der Waals surface area contributed by atoms with Crippen molar-refractivity contribution in [1.82, 2.24) is 19.1 Å². The molecule has 2 aromatic heterocycles. The van der Waals surface area contributed by atoms with E-state index >= 15 is 0 Å². The minimum atomic E-state index is -1.08. The van der Waals surface area contributed by atoms with Gasteiger partial charge >= 0.3 is 5.97 Å². The maximum atomic E-state index is 12.9. The van der Waals surface area contributed by atoms with Crippen molar-refractivity contribution in [1.29, 1.82) is 0 Å². The topological polar surface area (TPSA) is 106 Å². The number of aromatic nitrogens is 3. The van der Waals surface area contributed by atoms with Crippen molar-refractivity contribution < 1.29 is 19.4 Å². The van der Waals surface area contributed by atoms with Gasteiger partial charge in [-0.2, -0.15) is 9.61 Å². The van der Waals surface area contributed by atoms with Crippen LogP contribution in [0.3, 0.4) is 0 Å². The number of carbonyl (C=O) groups excluding carboxylic acids is 1. The third-order valence-electron chi connectivity index (χ3n) is 4.97. The van der Waals surface area contributed by atoms with Gasteiger partial charge in [0.25, 0.3) is 11.5 Å². The molecule has 9 heteroatoms. The molecule has 2 aromatic rings. The van der Waals surface area contributed by atoms with Crippen LogP contribution in [-0.2, 0) is 29.0 Å². The Morgan fingerprint density at radius 3 is 2.88 bits per heavy atom. The van der Waals surface area contributed by atoms with Gasteiger partial charge in [0.1, 0.15) is 17.9 Å². The average Bonchev–Trinajstić information content (AvgIpc) is 3.32.